The summed E-state index contributed by atoms with van der Waals surface area (Å²) in [5.41, 5.74) is 2.23. The lowest BCUT2D eigenvalue weighted by Crippen LogP contribution is -2.34. The molecule has 7 nitrogen and oxygen atoms in total. The number of aliphatic hydroxyl groups excluding tert-OH is 1. The van der Waals surface area contributed by atoms with Crippen molar-refractivity contribution in [2.75, 3.05) is 23.8 Å². The predicted octanol–water partition coefficient (Wildman–Crippen LogP) is 1.78. The highest BCUT2D eigenvalue weighted by molar-refractivity contribution is 6.17. The lowest BCUT2D eigenvalue weighted by molar-refractivity contribution is -0.137. The van der Waals surface area contributed by atoms with Crippen molar-refractivity contribution in [2.24, 2.45) is 5.92 Å². The Morgan fingerprint density at radius 3 is 2.65 bits per heavy atom. The first-order valence-electron chi connectivity index (χ1n) is 8.86. The molecule has 1 heterocycles. The first-order chi connectivity index (χ1) is 12.5. The summed E-state index contributed by atoms with van der Waals surface area (Å²) >= 11 is 0. The van der Waals surface area contributed by atoms with Gasteiger partial charge in [-0.1, -0.05) is 18.9 Å². The monoisotopic (exact) mass is 357 g/mol. The van der Waals surface area contributed by atoms with E-state index in [2.05, 4.69) is 10.6 Å². The Labute approximate surface area is 152 Å². The van der Waals surface area contributed by atoms with Gasteiger partial charge in [0.05, 0.1) is 24.5 Å². The summed E-state index contributed by atoms with van der Waals surface area (Å²) in [5, 5.41) is 14.9. The number of anilines is 2. The molecule has 0 radical (unpaired) electrons. The third kappa shape index (κ3) is 3.77. The molecule has 3 N–H and O–H groups in total. The second kappa shape index (κ2) is 7.70. The molecule has 3 amide bonds. The van der Waals surface area contributed by atoms with Crippen LogP contribution in [0.4, 0.5) is 11.4 Å². The molecule has 1 fully saturated rings. The largest absolute Gasteiger partial charge is 0.395 e. The van der Waals surface area contributed by atoms with E-state index in [1.807, 2.05) is 19.1 Å². The maximum Gasteiger partial charge on any atom is 0.277 e. The molecule has 26 heavy (non-hydrogen) atoms. The van der Waals surface area contributed by atoms with Crippen LogP contribution >= 0.6 is 0 Å². The maximum atomic E-state index is 12.4. The van der Waals surface area contributed by atoms with E-state index in [1.165, 1.54) is 6.08 Å². The zero-order valence-corrected chi connectivity index (χ0v) is 14.7. The standard InChI is InChI=1S/C19H23N3O4/c1-12-6-7-14(21-18(25)13-4-2-3-5-13)15(10-12)20-16-11-17(24)22(8-9-23)19(16)26/h6-7,10-11,13,20,23H,2-5,8-9H2,1H3,(H,21,25). The third-order valence-corrected chi connectivity index (χ3v) is 4.76. The Bertz CT molecular complexity index is 766. The van der Waals surface area contributed by atoms with Gasteiger partial charge >= 0.3 is 0 Å². The average molecular weight is 357 g/mol. The van der Waals surface area contributed by atoms with Gasteiger partial charge in [-0.2, -0.15) is 0 Å². The number of imide groups is 1. The summed E-state index contributed by atoms with van der Waals surface area (Å²) in [7, 11) is 0. The third-order valence-electron chi connectivity index (χ3n) is 4.76. The van der Waals surface area contributed by atoms with Crippen LogP contribution < -0.4 is 10.6 Å². The molecule has 1 saturated carbocycles. The summed E-state index contributed by atoms with van der Waals surface area (Å²) < 4.78 is 0. The zero-order chi connectivity index (χ0) is 18.7. The number of hydrogen-bond acceptors (Lipinski definition) is 5. The molecule has 7 heteroatoms. The molecule has 3 rings (SSSR count). The average Bonchev–Trinajstić information content (AvgIpc) is 3.22. The van der Waals surface area contributed by atoms with Crippen molar-refractivity contribution in [3.8, 4) is 0 Å². The van der Waals surface area contributed by atoms with Gasteiger partial charge in [0.25, 0.3) is 11.8 Å². The molecule has 1 aromatic rings. The fourth-order valence-electron chi connectivity index (χ4n) is 3.35. The minimum absolute atomic E-state index is 0.0147. The number of nitrogens with zero attached hydrogens (tertiary/aromatic N) is 1. The van der Waals surface area contributed by atoms with Gasteiger partial charge in [-0.05, 0) is 37.5 Å². The first kappa shape index (κ1) is 18.1. The highest BCUT2D eigenvalue weighted by Crippen LogP contribution is 2.30. The highest BCUT2D eigenvalue weighted by atomic mass is 16.3. The predicted molar refractivity (Wildman–Crippen MR) is 97.3 cm³/mol. The fraction of sp³-hybridized carbons (Fsp3) is 0.421. The summed E-state index contributed by atoms with van der Waals surface area (Å²) in [6.45, 7) is 1.58. The van der Waals surface area contributed by atoms with E-state index in [-0.39, 0.29) is 30.7 Å². The number of hydrogen-bond donors (Lipinski definition) is 3. The Morgan fingerprint density at radius 2 is 1.96 bits per heavy atom. The van der Waals surface area contributed by atoms with E-state index >= 15 is 0 Å². The van der Waals surface area contributed by atoms with Crippen molar-refractivity contribution in [1.29, 1.82) is 0 Å². The van der Waals surface area contributed by atoms with Crippen LogP contribution in [0.1, 0.15) is 31.2 Å². The second-order valence-corrected chi connectivity index (χ2v) is 6.72. The lowest BCUT2D eigenvalue weighted by atomic mass is 10.1. The van der Waals surface area contributed by atoms with Crippen LogP contribution in [-0.2, 0) is 14.4 Å². The normalized spacial score (nSPS) is 17.6. The fourth-order valence-corrected chi connectivity index (χ4v) is 3.35. The molecule has 1 aliphatic heterocycles. The van der Waals surface area contributed by atoms with Crippen LogP contribution in [0.15, 0.2) is 30.0 Å². The van der Waals surface area contributed by atoms with Gasteiger partial charge in [-0.25, -0.2) is 0 Å². The number of amides is 3. The smallest absolute Gasteiger partial charge is 0.277 e. The number of benzene rings is 1. The quantitative estimate of drug-likeness (QED) is 0.674. The van der Waals surface area contributed by atoms with Crippen LogP contribution in [0.5, 0.6) is 0 Å². The molecular formula is C19H23N3O4. The van der Waals surface area contributed by atoms with E-state index in [9.17, 15) is 14.4 Å². The summed E-state index contributed by atoms with van der Waals surface area (Å²) in [4.78, 5) is 37.6. The molecule has 1 aliphatic carbocycles. The molecule has 138 valence electrons. The Kier molecular flexibility index (Phi) is 5.37. The SMILES string of the molecule is Cc1ccc(NC(=O)C2CCCC2)c(NC2=CC(=O)N(CCO)C2=O)c1. The van der Waals surface area contributed by atoms with Crippen LogP contribution in [0.2, 0.25) is 0 Å². The van der Waals surface area contributed by atoms with Crippen molar-refractivity contribution in [1.82, 2.24) is 4.90 Å². The number of aryl methyl sites for hydroxylation is 1. The number of nitrogens with one attached hydrogen (secondary N) is 2. The summed E-state index contributed by atoms with van der Waals surface area (Å²) in [5.74, 6) is -0.938. The molecule has 2 aliphatic rings. The van der Waals surface area contributed by atoms with E-state index in [0.717, 1.165) is 36.1 Å². The maximum absolute atomic E-state index is 12.4. The Morgan fingerprint density at radius 1 is 1.23 bits per heavy atom. The van der Waals surface area contributed by atoms with E-state index in [1.54, 1.807) is 6.07 Å². The Hall–Kier alpha value is -2.67. The number of β-amino-alcohol motifs (C(OH)–C–C–N with tert-alkyl or cyclic N) is 1. The second-order valence-electron chi connectivity index (χ2n) is 6.72. The number of carbonyl (C=O) groups is 3. The molecule has 0 spiro atoms. The van der Waals surface area contributed by atoms with Crippen molar-refractivity contribution < 1.29 is 19.5 Å². The van der Waals surface area contributed by atoms with Gasteiger partial charge in [0.2, 0.25) is 5.91 Å². The molecule has 1 aromatic carbocycles. The van der Waals surface area contributed by atoms with E-state index < -0.39 is 11.8 Å². The van der Waals surface area contributed by atoms with Crippen molar-refractivity contribution >= 4 is 29.1 Å². The molecular weight excluding hydrogens is 334 g/mol. The van der Waals surface area contributed by atoms with E-state index in [4.69, 9.17) is 5.11 Å². The molecule has 0 unspecified atom stereocenters. The molecule has 0 bridgehead atoms. The summed E-state index contributed by atoms with van der Waals surface area (Å²) in [6.07, 6.45) is 5.15. The van der Waals surface area contributed by atoms with Gasteiger partial charge in [0.1, 0.15) is 5.70 Å². The van der Waals surface area contributed by atoms with Crippen molar-refractivity contribution in [2.45, 2.75) is 32.6 Å². The highest BCUT2D eigenvalue weighted by Gasteiger charge is 2.31. The van der Waals surface area contributed by atoms with E-state index in [0.29, 0.717) is 11.4 Å². The first-order valence-corrected chi connectivity index (χ1v) is 8.86. The number of rotatable bonds is 6. The van der Waals surface area contributed by atoms with Gasteiger partial charge in [0.15, 0.2) is 0 Å². The topological polar surface area (TPSA) is 98.7 Å². The van der Waals surface area contributed by atoms with Crippen LogP contribution in [-0.4, -0.2) is 40.9 Å². The van der Waals surface area contributed by atoms with Gasteiger partial charge < -0.3 is 15.7 Å². The van der Waals surface area contributed by atoms with Crippen molar-refractivity contribution in [3.63, 3.8) is 0 Å². The van der Waals surface area contributed by atoms with Gasteiger partial charge in [0, 0.05) is 12.0 Å². The van der Waals surface area contributed by atoms with Gasteiger partial charge in [-0.3, -0.25) is 19.3 Å². The van der Waals surface area contributed by atoms with Gasteiger partial charge in [-0.15, -0.1) is 0 Å². The molecule has 0 saturated heterocycles. The molecule has 0 aromatic heterocycles. The van der Waals surface area contributed by atoms with Crippen LogP contribution in [0.25, 0.3) is 0 Å². The lowest BCUT2D eigenvalue weighted by Gasteiger charge is -2.17. The molecule has 0 atom stereocenters. The van der Waals surface area contributed by atoms with Crippen LogP contribution in [0.3, 0.4) is 0 Å². The van der Waals surface area contributed by atoms with Crippen LogP contribution in [0, 0.1) is 12.8 Å². The summed E-state index contributed by atoms with van der Waals surface area (Å²) in [6, 6.07) is 5.49. The minimum Gasteiger partial charge on any atom is -0.395 e. The Balaban J connectivity index is 1.78. The van der Waals surface area contributed by atoms with Crippen molar-refractivity contribution in [3.05, 3.63) is 35.5 Å². The zero-order valence-electron chi connectivity index (χ0n) is 14.7. The number of aliphatic hydroxyl groups is 1. The number of carbonyl (C=O) groups excluding carboxylic acids is 3. The minimum atomic E-state index is -0.487.